The molecule has 1 heteroatoms. The van der Waals surface area contributed by atoms with E-state index in [1.165, 1.54) is 12.8 Å². The minimum atomic E-state index is -0.0813. The van der Waals surface area contributed by atoms with Crippen LogP contribution in [-0.4, -0.2) is 5.54 Å². The first kappa shape index (κ1) is 18.0. The van der Waals surface area contributed by atoms with Crippen molar-refractivity contribution < 1.29 is 0 Å². The Morgan fingerprint density at radius 1 is 0.833 bits per heavy atom. The summed E-state index contributed by atoms with van der Waals surface area (Å²) in [6.07, 6.45) is 3.68. The largest absolute Gasteiger partial charge is 0.326 e. The summed E-state index contributed by atoms with van der Waals surface area (Å²) in [6.45, 7) is 20.9. The molecular formula is C17H37N. The molecule has 0 spiro atoms. The first-order valence-electron chi connectivity index (χ1n) is 7.56. The van der Waals surface area contributed by atoms with Crippen LogP contribution in [0.2, 0.25) is 0 Å². The van der Waals surface area contributed by atoms with Crippen LogP contribution >= 0.6 is 0 Å². The second kappa shape index (κ2) is 5.94. The molecule has 0 aromatic carbocycles. The summed E-state index contributed by atoms with van der Waals surface area (Å²) in [5.74, 6) is 1.59. The topological polar surface area (TPSA) is 26.0 Å². The lowest BCUT2D eigenvalue weighted by atomic mass is 9.60. The van der Waals surface area contributed by atoms with Crippen LogP contribution in [0.4, 0.5) is 0 Å². The van der Waals surface area contributed by atoms with E-state index >= 15 is 0 Å². The predicted octanol–water partition coefficient (Wildman–Crippen LogP) is 5.24. The van der Waals surface area contributed by atoms with Gasteiger partial charge in [0.15, 0.2) is 0 Å². The Morgan fingerprint density at radius 2 is 1.28 bits per heavy atom. The highest BCUT2D eigenvalue weighted by Crippen LogP contribution is 2.48. The zero-order valence-electron chi connectivity index (χ0n) is 14.4. The van der Waals surface area contributed by atoms with E-state index in [1.54, 1.807) is 0 Å². The van der Waals surface area contributed by atoms with Gasteiger partial charge in [0.2, 0.25) is 0 Å². The molecule has 0 amide bonds. The van der Waals surface area contributed by atoms with Gasteiger partial charge in [-0.2, -0.15) is 0 Å². The molecule has 1 atom stereocenters. The van der Waals surface area contributed by atoms with Gasteiger partial charge in [-0.05, 0) is 55.8 Å². The molecule has 0 saturated carbocycles. The molecule has 0 radical (unpaired) electrons. The third-order valence-corrected chi connectivity index (χ3v) is 4.46. The minimum absolute atomic E-state index is 0.0813. The molecule has 0 heterocycles. The van der Waals surface area contributed by atoms with E-state index in [1.807, 2.05) is 0 Å². The highest BCUT2D eigenvalue weighted by atomic mass is 14.7. The molecule has 1 nitrogen and oxygen atoms in total. The van der Waals surface area contributed by atoms with Gasteiger partial charge in [-0.15, -0.1) is 0 Å². The summed E-state index contributed by atoms with van der Waals surface area (Å²) in [7, 11) is 0. The molecule has 0 bridgehead atoms. The van der Waals surface area contributed by atoms with Crippen LogP contribution in [0.25, 0.3) is 0 Å². The van der Waals surface area contributed by atoms with Gasteiger partial charge in [-0.1, -0.05) is 48.5 Å². The summed E-state index contributed by atoms with van der Waals surface area (Å²) in [5.41, 5.74) is 6.75. The van der Waals surface area contributed by atoms with Gasteiger partial charge in [0.05, 0.1) is 0 Å². The molecule has 18 heavy (non-hydrogen) atoms. The number of nitrogens with two attached hydrogens (primary N) is 1. The second-order valence-corrected chi connectivity index (χ2v) is 8.87. The molecule has 0 rings (SSSR count). The molecule has 110 valence electrons. The first-order chi connectivity index (χ1) is 7.77. The average Bonchev–Trinajstić information content (AvgIpc) is 1.94. The zero-order chi connectivity index (χ0) is 14.8. The average molecular weight is 255 g/mol. The van der Waals surface area contributed by atoms with Gasteiger partial charge in [0, 0.05) is 5.54 Å². The molecule has 0 aliphatic rings. The molecule has 0 fully saturated rings. The molecule has 0 aliphatic carbocycles. The van der Waals surface area contributed by atoms with Crippen LogP contribution in [0.3, 0.4) is 0 Å². The third kappa shape index (κ3) is 6.22. The smallest absolute Gasteiger partial charge is 0.0102 e. The van der Waals surface area contributed by atoms with Crippen molar-refractivity contribution in [3.63, 3.8) is 0 Å². The first-order valence-corrected chi connectivity index (χ1v) is 7.56. The van der Waals surface area contributed by atoms with E-state index in [0.29, 0.717) is 5.41 Å². The fourth-order valence-corrected chi connectivity index (χ4v) is 3.41. The Kier molecular flexibility index (Phi) is 5.93. The van der Waals surface area contributed by atoms with Crippen molar-refractivity contribution in [2.75, 3.05) is 0 Å². The minimum Gasteiger partial charge on any atom is -0.326 e. The van der Waals surface area contributed by atoms with E-state index < -0.39 is 0 Å². The SMILES string of the molecule is CC(C)CC(C)CC(C)(C)C(C)(C)CC(C)(C)N. The fraction of sp³-hybridized carbons (Fsp3) is 1.00. The van der Waals surface area contributed by atoms with E-state index in [0.717, 1.165) is 18.3 Å². The zero-order valence-corrected chi connectivity index (χ0v) is 14.4. The van der Waals surface area contributed by atoms with Crippen molar-refractivity contribution in [3.05, 3.63) is 0 Å². The van der Waals surface area contributed by atoms with E-state index in [9.17, 15) is 0 Å². The van der Waals surface area contributed by atoms with Gasteiger partial charge in [-0.25, -0.2) is 0 Å². The standard InChI is InChI=1S/C17H37N/c1-13(2)10-14(3)11-15(4,5)16(6,7)12-17(8,9)18/h13-14H,10-12,18H2,1-9H3. The maximum atomic E-state index is 6.23. The number of hydrogen-bond donors (Lipinski definition) is 1. The number of hydrogen-bond acceptors (Lipinski definition) is 1. The lowest BCUT2D eigenvalue weighted by molar-refractivity contribution is 0.0492. The van der Waals surface area contributed by atoms with Gasteiger partial charge >= 0.3 is 0 Å². The molecule has 0 aromatic rings. The van der Waals surface area contributed by atoms with Crippen LogP contribution in [-0.2, 0) is 0 Å². The summed E-state index contributed by atoms with van der Waals surface area (Å²) in [4.78, 5) is 0. The van der Waals surface area contributed by atoms with Crippen LogP contribution in [0.1, 0.15) is 81.6 Å². The van der Waals surface area contributed by atoms with Gasteiger partial charge in [0.1, 0.15) is 0 Å². The molecule has 0 aliphatic heterocycles. The lowest BCUT2D eigenvalue weighted by Crippen LogP contribution is -2.44. The summed E-state index contributed by atoms with van der Waals surface area (Å²) >= 11 is 0. The second-order valence-electron chi connectivity index (χ2n) is 8.87. The van der Waals surface area contributed by atoms with Crippen LogP contribution < -0.4 is 5.73 Å². The highest BCUT2D eigenvalue weighted by molar-refractivity contribution is 4.92. The third-order valence-electron chi connectivity index (χ3n) is 4.46. The van der Waals surface area contributed by atoms with Crippen LogP contribution in [0.5, 0.6) is 0 Å². The maximum absolute atomic E-state index is 6.23. The Morgan fingerprint density at radius 3 is 1.61 bits per heavy atom. The Labute approximate surface area is 116 Å². The molecule has 1 unspecified atom stereocenters. The molecule has 0 aromatic heterocycles. The van der Waals surface area contributed by atoms with Crippen molar-refractivity contribution in [1.82, 2.24) is 0 Å². The quantitative estimate of drug-likeness (QED) is 0.661. The predicted molar refractivity (Wildman–Crippen MR) is 83.7 cm³/mol. The molecule has 2 N–H and O–H groups in total. The molecule has 0 saturated heterocycles. The highest BCUT2D eigenvalue weighted by Gasteiger charge is 2.40. The van der Waals surface area contributed by atoms with E-state index in [-0.39, 0.29) is 11.0 Å². The van der Waals surface area contributed by atoms with Crippen molar-refractivity contribution in [1.29, 1.82) is 0 Å². The Bertz CT molecular complexity index is 243. The van der Waals surface area contributed by atoms with Crippen LogP contribution in [0, 0.1) is 22.7 Å². The van der Waals surface area contributed by atoms with Crippen molar-refractivity contribution in [3.8, 4) is 0 Å². The normalized spacial score (nSPS) is 16.2. The van der Waals surface area contributed by atoms with E-state index in [2.05, 4.69) is 62.3 Å². The summed E-state index contributed by atoms with van der Waals surface area (Å²) in [5, 5.41) is 0. The van der Waals surface area contributed by atoms with Gasteiger partial charge in [0.25, 0.3) is 0 Å². The van der Waals surface area contributed by atoms with Gasteiger partial charge in [-0.3, -0.25) is 0 Å². The Hall–Kier alpha value is -0.0400. The molecular weight excluding hydrogens is 218 g/mol. The summed E-state index contributed by atoms with van der Waals surface area (Å²) in [6, 6.07) is 0. The van der Waals surface area contributed by atoms with Crippen molar-refractivity contribution in [2.24, 2.45) is 28.4 Å². The summed E-state index contributed by atoms with van der Waals surface area (Å²) < 4.78 is 0. The number of rotatable bonds is 7. The van der Waals surface area contributed by atoms with Crippen LogP contribution in [0.15, 0.2) is 0 Å². The van der Waals surface area contributed by atoms with Gasteiger partial charge < -0.3 is 5.73 Å². The monoisotopic (exact) mass is 255 g/mol. The van der Waals surface area contributed by atoms with Crippen molar-refractivity contribution in [2.45, 2.75) is 87.1 Å². The lowest BCUT2D eigenvalue weighted by Gasteiger charge is -2.46. The van der Waals surface area contributed by atoms with Crippen molar-refractivity contribution >= 4 is 0 Å². The van der Waals surface area contributed by atoms with E-state index in [4.69, 9.17) is 5.73 Å². The Balaban J connectivity index is 4.69. The maximum Gasteiger partial charge on any atom is 0.0102 e. The fourth-order valence-electron chi connectivity index (χ4n) is 3.41.